The molecule has 3 aromatic carbocycles. The van der Waals surface area contributed by atoms with Gasteiger partial charge >= 0.3 is 0 Å². The number of ketones is 2. The van der Waals surface area contributed by atoms with Crippen LogP contribution in [-0.2, 0) is 14.8 Å². The number of nitro benzene ring substituents is 1. The number of sulfonamides is 1. The lowest BCUT2D eigenvalue weighted by atomic mass is 9.66. The topological polar surface area (TPSA) is 127 Å². The normalized spacial score (nSPS) is 18.1. The van der Waals surface area contributed by atoms with Crippen molar-refractivity contribution in [3.8, 4) is 0 Å². The van der Waals surface area contributed by atoms with Crippen molar-refractivity contribution in [3.63, 3.8) is 0 Å². The summed E-state index contributed by atoms with van der Waals surface area (Å²) in [6.45, 7) is 13.2. The molecule has 10 heteroatoms. The van der Waals surface area contributed by atoms with Gasteiger partial charge in [-0.05, 0) is 54.2 Å². The van der Waals surface area contributed by atoms with Gasteiger partial charge in [-0.2, -0.15) is 0 Å². The number of Topliss-reactive ketones (excluding diaryl/α,β-unsaturated/α-hetero) is 2. The number of anilines is 2. The van der Waals surface area contributed by atoms with Gasteiger partial charge in [0.05, 0.1) is 21.2 Å². The second kappa shape index (κ2) is 10.8. The van der Waals surface area contributed by atoms with E-state index in [1.54, 1.807) is 48.6 Å². The van der Waals surface area contributed by atoms with Gasteiger partial charge in [0.2, 0.25) is 0 Å². The number of nitro groups is 1. The van der Waals surface area contributed by atoms with E-state index in [2.05, 4.69) is 5.32 Å². The van der Waals surface area contributed by atoms with Gasteiger partial charge in [-0.15, -0.1) is 0 Å². The molecular weight excluding hydrogens is 590 g/mol. The molecular formula is C35H37N3O6S. The number of non-ortho nitro benzene ring substituents is 1. The van der Waals surface area contributed by atoms with Gasteiger partial charge in [-0.25, -0.2) is 8.42 Å². The Labute approximate surface area is 263 Å². The van der Waals surface area contributed by atoms with Crippen LogP contribution in [0, 0.1) is 27.9 Å². The molecule has 3 aromatic rings. The Morgan fingerprint density at radius 3 is 2.02 bits per heavy atom. The van der Waals surface area contributed by atoms with E-state index in [0.29, 0.717) is 16.8 Å². The zero-order valence-electron chi connectivity index (χ0n) is 26.4. The molecule has 0 unspecified atom stereocenters. The Bertz CT molecular complexity index is 1860. The Kier molecular flexibility index (Phi) is 7.64. The molecule has 1 N–H and O–H groups in total. The Hall–Kier alpha value is -4.57. The van der Waals surface area contributed by atoms with Gasteiger partial charge in [0.15, 0.2) is 11.6 Å². The summed E-state index contributed by atoms with van der Waals surface area (Å²) in [7, 11) is -4.42. The first-order valence-electron chi connectivity index (χ1n) is 14.7. The predicted octanol–water partition coefficient (Wildman–Crippen LogP) is 7.04. The fraction of sp³-hybridized carbons (Fsp3) is 0.314. The second-order valence-corrected chi connectivity index (χ2v) is 15.5. The third kappa shape index (κ3) is 5.59. The van der Waals surface area contributed by atoms with Gasteiger partial charge in [0.1, 0.15) is 11.6 Å². The summed E-state index contributed by atoms with van der Waals surface area (Å²) in [5.74, 6) is -0.851. The quantitative estimate of drug-likeness (QED) is 0.183. The van der Waals surface area contributed by atoms with Crippen LogP contribution in [0.25, 0.3) is 0 Å². The smallest absolute Gasteiger partial charge is 0.270 e. The molecule has 0 bridgehead atoms. The van der Waals surface area contributed by atoms with Crippen LogP contribution in [0.2, 0.25) is 0 Å². The third-order valence-corrected chi connectivity index (χ3v) is 10.0. The summed E-state index contributed by atoms with van der Waals surface area (Å²) in [6, 6.07) is 16.9. The Balaban J connectivity index is 1.91. The predicted molar refractivity (Wildman–Crippen MR) is 175 cm³/mol. The molecule has 1 heterocycles. The van der Waals surface area contributed by atoms with Gasteiger partial charge in [0, 0.05) is 28.8 Å². The number of benzene rings is 3. The molecule has 0 amide bonds. The van der Waals surface area contributed by atoms with Crippen LogP contribution < -0.4 is 9.62 Å². The van der Waals surface area contributed by atoms with E-state index in [4.69, 9.17) is 0 Å². The number of para-hydroxylation sites is 2. The van der Waals surface area contributed by atoms with Gasteiger partial charge in [0.25, 0.3) is 15.7 Å². The SMILES string of the molecule is Cc1ccc(S(=O)(=O)N2c3ccccc3NC3(C=C(C(C)(C)C)C(=O)C(C(C)(C)C)=C3)[C@H]2C(=O)c2cccc([N+](=O)[O-])c2)cc1. The van der Waals surface area contributed by atoms with Crippen LogP contribution in [0.4, 0.5) is 17.1 Å². The molecule has 0 aromatic heterocycles. The average molecular weight is 628 g/mol. The van der Waals surface area contributed by atoms with Gasteiger partial charge in [-0.3, -0.25) is 24.0 Å². The minimum atomic E-state index is -4.42. The summed E-state index contributed by atoms with van der Waals surface area (Å²) in [4.78, 5) is 40.0. The van der Waals surface area contributed by atoms with E-state index in [1.165, 1.54) is 30.3 Å². The van der Waals surface area contributed by atoms with Crippen molar-refractivity contribution in [1.82, 2.24) is 0 Å². The molecule has 9 nitrogen and oxygen atoms in total. The summed E-state index contributed by atoms with van der Waals surface area (Å²) >= 11 is 0. The number of hydrogen-bond donors (Lipinski definition) is 1. The highest BCUT2D eigenvalue weighted by Gasteiger charge is 2.55. The monoisotopic (exact) mass is 627 g/mol. The lowest BCUT2D eigenvalue weighted by Gasteiger charge is -2.50. The molecule has 1 atom stereocenters. The van der Waals surface area contributed by atoms with Crippen molar-refractivity contribution in [3.05, 3.63) is 117 Å². The molecule has 45 heavy (non-hydrogen) atoms. The highest BCUT2D eigenvalue weighted by molar-refractivity contribution is 7.93. The van der Waals surface area contributed by atoms with Crippen molar-refractivity contribution < 1.29 is 22.9 Å². The van der Waals surface area contributed by atoms with Crippen LogP contribution in [0.3, 0.4) is 0 Å². The Morgan fingerprint density at radius 1 is 0.889 bits per heavy atom. The van der Waals surface area contributed by atoms with Gasteiger partial charge < -0.3 is 5.32 Å². The molecule has 1 spiro atoms. The number of aryl methyl sites for hydroxylation is 1. The minimum absolute atomic E-state index is 0.0243. The maximum Gasteiger partial charge on any atom is 0.270 e. The summed E-state index contributed by atoms with van der Waals surface area (Å²) in [6.07, 6.45) is 3.36. The first-order chi connectivity index (χ1) is 20.9. The molecule has 234 valence electrons. The number of rotatable bonds is 5. The van der Waals surface area contributed by atoms with Gasteiger partial charge in [-0.1, -0.05) is 83.5 Å². The van der Waals surface area contributed by atoms with Crippen LogP contribution in [0.15, 0.2) is 101 Å². The van der Waals surface area contributed by atoms with Crippen molar-refractivity contribution in [2.45, 2.75) is 64.9 Å². The first kappa shape index (κ1) is 31.8. The number of fused-ring (bicyclic) bond motifs is 1. The third-order valence-electron chi connectivity index (χ3n) is 8.22. The van der Waals surface area contributed by atoms with Crippen molar-refractivity contribution in [1.29, 1.82) is 0 Å². The average Bonchev–Trinajstić information content (AvgIpc) is 2.96. The molecule has 1 aliphatic heterocycles. The second-order valence-electron chi connectivity index (χ2n) is 13.7. The van der Waals surface area contributed by atoms with Crippen LogP contribution in [-0.4, -0.2) is 36.5 Å². The van der Waals surface area contributed by atoms with E-state index >= 15 is 0 Å². The highest BCUT2D eigenvalue weighted by atomic mass is 32.2. The fourth-order valence-electron chi connectivity index (χ4n) is 5.89. The van der Waals surface area contributed by atoms with Crippen molar-refractivity contribution in [2.24, 2.45) is 10.8 Å². The number of nitrogens with zero attached hydrogens (tertiary/aromatic N) is 2. The van der Waals surface area contributed by atoms with E-state index in [9.17, 15) is 28.1 Å². The molecule has 2 aliphatic rings. The van der Waals surface area contributed by atoms with E-state index in [0.717, 1.165) is 15.9 Å². The van der Waals surface area contributed by atoms with E-state index in [1.807, 2.05) is 48.5 Å². The maximum atomic E-state index is 14.9. The first-order valence-corrected chi connectivity index (χ1v) is 16.1. The maximum absolute atomic E-state index is 14.9. The number of hydrogen-bond acceptors (Lipinski definition) is 7. The zero-order valence-corrected chi connectivity index (χ0v) is 27.2. The summed E-state index contributed by atoms with van der Waals surface area (Å²) in [5, 5.41) is 15.2. The van der Waals surface area contributed by atoms with Crippen LogP contribution >= 0.6 is 0 Å². The van der Waals surface area contributed by atoms with Crippen LogP contribution in [0.5, 0.6) is 0 Å². The Morgan fingerprint density at radius 2 is 1.47 bits per heavy atom. The number of allylic oxidation sites excluding steroid dienone is 2. The standard InChI is InChI=1S/C35H37N3O6S/c1-22-15-17-25(18-16-22)45(43,44)37-29-14-9-8-13-28(29)36-35(32(37)30(39)23-11-10-12-24(19-23)38(41)42)20-26(33(2,3)4)31(40)27(21-35)34(5,6)7/h8-21,32,36H,1-7H3/t32-/m1/s1. The number of nitrogens with one attached hydrogen (secondary N) is 1. The lowest BCUT2D eigenvalue weighted by Crippen LogP contribution is -2.65. The highest BCUT2D eigenvalue weighted by Crippen LogP contribution is 2.49. The summed E-state index contributed by atoms with van der Waals surface area (Å²) < 4.78 is 30.6. The molecule has 0 fully saturated rings. The molecule has 0 radical (unpaired) electrons. The summed E-state index contributed by atoms with van der Waals surface area (Å²) in [5.41, 5.74) is -0.849. The van der Waals surface area contributed by atoms with Crippen LogP contribution in [0.1, 0.15) is 57.5 Å². The van der Waals surface area contributed by atoms with Crippen molar-refractivity contribution in [2.75, 3.05) is 9.62 Å². The lowest BCUT2D eigenvalue weighted by molar-refractivity contribution is -0.384. The number of carbonyl (C=O) groups is 2. The van der Waals surface area contributed by atoms with Crippen molar-refractivity contribution >= 4 is 38.7 Å². The molecule has 0 saturated heterocycles. The largest absolute Gasteiger partial charge is 0.369 e. The van der Waals surface area contributed by atoms with E-state index in [-0.39, 0.29) is 27.6 Å². The molecule has 1 aliphatic carbocycles. The van der Waals surface area contributed by atoms with E-state index < -0.39 is 43.1 Å². The minimum Gasteiger partial charge on any atom is -0.369 e. The number of carbonyl (C=O) groups excluding carboxylic acids is 2. The fourth-order valence-corrected chi connectivity index (χ4v) is 7.57. The molecule has 0 saturated carbocycles. The molecule has 5 rings (SSSR count). The zero-order chi connectivity index (χ0) is 33.1.